The van der Waals surface area contributed by atoms with Crippen molar-refractivity contribution in [2.45, 2.75) is 13.5 Å². The second-order valence-electron chi connectivity index (χ2n) is 6.96. The first-order valence-corrected chi connectivity index (χ1v) is 9.96. The standard InChI is InChI=1S/C25H26N2O5/c1-17-5-7-19(8-6-17)16-32-21-11-9-18(10-12-21)15-26-27-25(28)20-13-22(29-2)24(31-4)23(14-20)30-3/h5-15H,16H2,1-4H3,(H,27,28). The molecule has 7 heteroatoms. The lowest BCUT2D eigenvalue weighted by Gasteiger charge is -2.13. The number of hydrogen-bond donors (Lipinski definition) is 1. The summed E-state index contributed by atoms with van der Waals surface area (Å²) in [5.74, 6) is 1.55. The normalized spacial score (nSPS) is 10.6. The summed E-state index contributed by atoms with van der Waals surface area (Å²) in [7, 11) is 4.49. The van der Waals surface area contributed by atoms with Crippen molar-refractivity contribution in [2.75, 3.05) is 21.3 Å². The third-order valence-corrected chi connectivity index (χ3v) is 4.71. The molecule has 0 unspecified atom stereocenters. The Morgan fingerprint density at radius 2 is 1.53 bits per heavy atom. The predicted molar refractivity (Wildman–Crippen MR) is 123 cm³/mol. The molecule has 0 aliphatic heterocycles. The van der Waals surface area contributed by atoms with Crippen molar-refractivity contribution in [1.29, 1.82) is 0 Å². The highest BCUT2D eigenvalue weighted by Crippen LogP contribution is 2.38. The summed E-state index contributed by atoms with van der Waals surface area (Å²) >= 11 is 0. The van der Waals surface area contributed by atoms with Crippen LogP contribution in [-0.2, 0) is 6.61 Å². The number of nitrogens with zero attached hydrogens (tertiary/aromatic N) is 1. The van der Waals surface area contributed by atoms with Gasteiger partial charge >= 0.3 is 0 Å². The molecule has 3 rings (SSSR count). The van der Waals surface area contributed by atoms with Gasteiger partial charge in [-0.15, -0.1) is 0 Å². The molecular formula is C25H26N2O5. The third kappa shape index (κ3) is 5.78. The van der Waals surface area contributed by atoms with Gasteiger partial charge in [-0.3, -0.25) is 4.79 Å². The Labute approximate surface area is 187 Å². The van der Waals surface area contributed by atoms with Crippen molar-refractivity contribution < 1.29 is 23.7 Å². The molecule has 0 radical (unpaired) electrons. The van der Waals surface area contributed by atoms with Crippen molar-refractivity contribution in [3.63, 3.8) is 0 Å². The van der Waals surface area contributed by atoms with Crippen LogP contribution in [0.2, 0.25) is 0 Å². The molecule has 0 saturated heterocycles. The van der Waals surface area contributed by atoms with Crippen molar-refractivity contribution in [3.05, 3.63) is 82.9 Å². The molecule has 3 aromatic carbocycles. The van der Waals surface area contributed by atoms with E-state index in [-0.39, 0.29) is 0 Å². The van der Waals surface area contributed by atoms with Crippen LogP contribution in [0.3, 0.4) is 0 Å². The van der Waals surface area contributed by atoms with E-state index in [0.29, 0.717) is 29.4 Å². The molecule has 0 fully saturated rings. The maximum atomic E-state index is 12.5. The summed E-state index contributed by atoms with van der Waals surface area (Å²) in [5.41, 5.74) is 5.97. The minimum Gasteiger partial charge on any atom is -0.493 e. The molecule has 0 bridgehead atoms. The molecule has 1 amide bonds. The van der Waals surface area contributed by atoms with Gasteiger partial charge in [0.2, 0.25) is 5.75 Å². The number of carbonyl (C=O) groups excluding carboxylic acids is 1. The molecule has 3 aromatic rings. The number of benzene rings is 3. The number of ether oxygens (including phenoxy) is 4. The van der Waals surface area contributed by atoms with E-state index in [1.54, 1.807) is 18.3 Å². The highest BCUT2D eigenvalue weighted by molar-refractivity contribution is 5.96. The second kappa shape index (κ2) is 10.9. The fourth-order valence-electron chi connectivity index (χ4n) is 2.94. The number of aryl methyl sites for hydroxylation is 1. The van der Waals surface area contributed by atoms with Gasteiger partial charge in [0.05, 0.1) is 27.5 Å². The van der Waals surface area contributed by atoms with Crippen LogP contribution >= 0.6 is 0 Å². The van der Waals surface area contributed by atoms with E-state index in [2.05, 4.69) is 29.6 Å². The summed E-state index contributed by atoms with van der Waals surface area (Å²) < 4.78 is 21.6. The number of rotatable bonds is 9. The Kier molecular flexibility index (Phi) is 7.70. The van der Waals surface area contributed by atoms with Crippen LogP contribution in [0.25, 0.3) is 0 Å². The third-order valence-electron chi connectivity index (χ3n) is 4.71. The smallest absolute Gasteiger partial charge is 0.271 e. The molecular weight excluding hydrogens is 408 g/mol. The van der Waals surface area contributed by atoms with Gasteiger partial charge in [0.25, 0.3) is 5.91 Å². The first-order chi connectivity index (χ1) is 15.5. The maximum absolute atomic E-state index is 12.5. The Morgan fingerprint density at radius 3 is 2.09 bits per heavy atom. The Bertz CT molecular complexity index is 1050. The van der Waals surface area contributed by atoms with Crippen LogP contribution in [-0.4, -0.2) is 33.5 Å². The minimum atomic E-state index is -0.404. The zero-order valence-corrected chi connectivity index (χ0v) is 18.5. The Morgan fingerprint density at radius 1 is 0.906 bits per heavy atom. The molecule has 32 heavy (non-hydrogen) atoms. The lowest BCUT2D eigenvalue weighted by Crippen LogP contribution is -2.18. The van der Waals surface area contributed by atoms with Gasteiger partial charge in [0.15, 0.2) is 11.5 Å². The summed E-state index contributed by atoms with van der Waals surface area (Å²) in [4.78, 5) is 12.5. The van der Waals surface area contributed by atoms with Crippen LogP contribution < -0.4 is 24.4 Å². The Balaban J connectivity index is 1.58. The molecule has 0 aromatic heterocycles. The quantitative estimate of drug-likeness (QED) is 0.400. The van der Waals surface area contributed by atoms with Crippen molar-refractivity contribution in [3.8, 4) is 23.0 Å². The van der Waals surface area contributed by atoms with Gasteiger partial charge in [-0.1, -0.05) is 29.8 Å². The van der Waals surface area contributed by atoms with Crippen molar-refractivity contribution >= 4 is 12.1 Å². The molecule has 0 aliphatic rings. The topological polar surface area (TPSA) is 78.4 Å². The molecule has 7 nitrogen and oxygen atoms in total. The highest BCUT2D eigenvalue weighted by atomic mass is 16.5. The van der Waals surface area contributed by atoms with E-state index >= 15 is 0 Å². The number of hydrazone groups is 1. The van der Waals surface area contributed by atoms with Gasteiger partial charge in [-0.05, 0) is 54.4 Å². The maximum Gasteiger partial charge on any atom is 0.271 e. The predicted octanol–water partition coefficient (Wildman–Crippen LogP) is 4.36. The van der Waals surface area contributed by atoms with Crippen molar-refractivity contribution in [1.82, 2.24) is 5.43 Å². The van der Waals surface area contributed by atoms with Gasteiger partial charge in [-0.2, -0.15) is 5.10 Å². The number of amides is 1. The SMILES string of the molecule is COc1cc(C(=O)NN=Cc2ccc(OCc3ccc(C)cc3)cc2)cc(OC)c1OC. The fourth-order valence-corrected chi connectivity index (χ4v) is 2.94. The van der Waals surface area contributed by atoms with E-state index in [1.807, 2.05) is 36.4 Å². The molecule has 0 atom stereocenters. The monoisotopic (exact) mass is 434 g/mol. The lowest BCUT2D eigenvalue weighted by atomic mass is 10.1. The van der Waals surface area contributed by atoms with E-state index in [0.717, 1.165) is 16.9 Å². The number of methoxy groups -OCH3 is 3. The fraction of sp³-hybridized carbons (Fsp3) is 0.200. The summed E-state index contributed by atoms with van der Waals surface area (Å²) in [6, 6.07) is 18.8. The van der Waals surface area contributed by atoms with Gasteiger partial charge < -0.3 is 18.9 Å². The van der Waals surface area contributed by atoms with Crippen LogP contribution in [0.15, 0.2) is 65.8 Å². The average molecular weight is 434 g/mol. The van der Waals surface area contributed by atoms with E-state index in [1.165, 1.54) is 26.9 Å². The van der Waals surface area contributed by atoms with Gasteiger partial charge in [-0.25, -0.2) is 5.43 Å². The van der Waals surface area contributed by atoms with Crippen LogP contribution in [0.1, 0.15) is 27.0 Å². The lowest BCUT2D eigenvalue weighted by molar-refractivity contribution is 0.0954. The van der Waals surface area contributed by atoms with E-state index in [4.69, 9.17) is 18.9 Å². The molecule has 0 heterocycles. The molecule has 0 saturated carbocycles. The second-order valence-corrected chi connectivity index (χ2v) is 6.96. The zero-order chi connectivity index (χ0) is 22.9. The first-order valence-electron chi connectivity index (χ1n) is 9.96. The highest BCUT2D eigenvalue weighted by Gasteiger charge is 2.16. The summed E-state index contributed by atoms with van der Waals surface area (Å²) in [5, 5.41) is 4.02. The first kappa shape index (κ1) is 22.7. The number of carbonyl (C=O) groups is 1. The van der Waals surface area contributed by atoms with Crippen LogP contribution in [0.5, 0.6) is 23.0 Å². The largest absolute Gasteiger partial charge is 0.493 e. The average Bonchev–Trinajstić information content (AvgIpc) is 2.83. The van der Waals surface area contributed by atoms with Gasteiger partial charge in [0, 0.05) is 5.56 Å². The van der Waals surface area contributed by atoms with Crippen LogP contribution in [0.4, 0.5) is 0 Å². The minimum absolute atomic E-state index is 0.330. The van der Waals surface area contributed by atoms with Crippen LogP contribution in [0, 0.1) is 6.92 Å². The summed E-state index contributed by atoms with van der Waals surface area (Å²) in [6.45, 7) is 2.55. The Hall–Kier alpha value is -4.00. The van der Waals surface area contributed by atoms with Gasteiger partial charge in [0.1, 0.15) is 12.4 Å². The van der Waals surface area contributed by atoms with E-state index in [9.17, 15) is 4.79 Å². The van der Waals surface area contributed by atoms with E-state index < -0.39 is 5.91 Å². The molecule has 1 N–H and O–H groups in total. The number of nitrogens with one attached hydrogen (secondary N) is 1. The number of hydrogen-bond acceptors (Lipinski definition) is 6. The molecule has 0 spiro atoms. The summed E-state index contributed by atoms with van der Waals surface area (Å²) in [6.07, 6.45) is 1.56. The van der Waals surface area contributed by atoms with Crippen molar-refractivity contribution in [2.24, 2.45) is 5.10 Å². The molecule has 166 valence electrons. The zero-order valence-electron chi connectivity index (χ0n) is 18.5. The molecule has 0 aliphatic carbocycles.